The Kier molecular flexibility index (Phi) is 1.40. The minimum absolute atomic E-state index is 0.397. The molecule has 2 rings (SSSR count). The largest absolute Gasteiger partial charge is 0.340 e. The Balaban J connectivity index is 2.10. The van der Waals surface area contributed by atoms with Gasteiger partial charge in [-0.2, -0.15) is 0 Å². The van der Waals surface area contributed by atoms with Crippen LogP contribution in [0, 0.1) is 0 Å². The average molecular weight is 139 g/mol. The van der Waals surface area contributed by atoms with Crippen molar-refractivity contribution in [1.82, 2.24) is 4.90 Å². The third-order valence-electron chi connectivity index (χ3n) is 2.63. The fraction of sp³-hybridized carbons (Fsp3) is 0.875. The molecule has 2 heterocycles. The fourth-order valence-electron chi connectivity index (χ4n) is 2.10. The van der Waals surface area contributed by atoms with Gasteiger partial charge in [-0.25, -0.2) is 0 Å². The molecule has 0 bridgehead atoms. The molecule has 10 heavy (non-hydrogen) atoms. The molecule has 2 heteroatoms. The molecule has 1 atom stereocenters. The van der Waals surface area contributed by atoms with Gasteiger partial charge in [-0.05, 0) is 25.7 Å². The third-order valence-corrected chi connectivity index (χ3v) is 2.63. The number of amides is 1. The zero-order chi connectivity index (χ0) is 6.97. The molecule has 2 aliphatic heterocycles. The topological polar surface area (TPSA) is 20.3 Å². The van der Waals surface area contributed by atoms with Crippen molar-refractivity contribution >= 4 is 5.91 Å². The lowest BCUT2D eigenvalue weighted by Crippen LogP contribution is -2.38. The molecule has 2 aliphatic rings. The Labute approximate surface area is 61.2 Å². The molecule has 56 valence electrons. The molecular weight excluding hydrogens is 126 g/mol. The molecule has 2 fully saturated rings. The number of rotatable bonds is 0. The van der Waals surface area contributed by atoms with Crippen molar-refractivity contribution in [2.45, 2.75) is 38.1 Å². The van der Waals surface area contributed by atoms with Crippen LogP contribution in [0.3, 0.4) is 0 Å². The molecule has 2 nitrogen and oxygen atoms in total. The second-order valence-electron chi connectivity index (χ2n) is 3.28. The van der Waals surface area contributed by atoms with E-state index in [1.54, 1.807) is 0 Å². The van der Waals surface area contributed by atoms with Crippen LogP contribution in [0.5, 0.6) is 0 Å². The zero-order valence-electron chi connectivity index (χ0n) is 6.18. The standard InChI is InChI=1S/C8H13NO/c10-8-5-1-3-7-4-2-6-9(7)8/h7H,1-6H2/t7-/m0/s1. The molecule has 0 saturated carbocycles. The first-order chi connectivity index (χ1) is 4.88. The third kappa shape index (κ3) is 0.825. The molecule has 0 spiro atoms. The predicted octanol–water partition coefficient (Wildman–Crippen LogP) is 1.16. The van der Waals surface area contributed by atoms with Gasteiger partial charge in [0.1, 0.15) is 0 Å². The molecular formula is C8H13NO. The quantitative estimate of drug-likeness (QED) is 0.493. The van der Waals surface area contributed by atoms with Crippen molar-refractivity contribution in [2.75, 3.05) is 6.54 Å². The summed E-state index contributed by atoms with van der Waals surface area (Å²) < 4.78 is 0. The Hall–Kier alpha value is -0.530. The Morgan fingerprint density at radius 2 is 2.10 bits per heavy atom. The maximum atomic E-state index is 11.2. The highest BCUT2D eigenvalue weighted by atomic mass is 16.2. The van der Waals surface area contributed by atoms with Crippen LogP contribution < -0.4 is 0 Å². The average Bonchev–Trinajstić information content (AvgIpc) is 2.36. The van der Waals surface area contributed by atoms with Crippen molar-refractivity contribution < 1.29 is 4.79 Å². The van der Waals surface area contributed by atoms with Crippen molar-refractivity contribution in [3.63, 3.8) is 0 Å². The second-order valence-corrected chi connectivity index (χ2v) is 3.28. The summed E-state index contributed by atoms with van der Waals surface area (Å²) in [6, 6.07) is 0.626. The minimum Gasteiger partial charge on any atom is -0.340 e. The molecule has 0 unspecified atom stereocenters. The van der Waals surface area contributed by atoms with Gasteiger partial charge in [0.25, 0.3) is 0 Å². The lowest BCUT2D eigenvalue weighted by atomic mass is 10.0. The summed E-state index contributed by atoms with van der Waals surface area (Å²) in [5.74, 6) is 0.397. The number of piperidine rings is 1. The molecule has 0 aromatic heterocycles. The fourth-order valence-corrected chi connectivity index (χ4v) is 2.10. The van der Waals surface area contributed by atoms with E-state index >= 15 is 0 Å². The molecule has 0 radical (unpaired) electrons. The van der Waals surface area contributed by atoms with Gasteiger partial charge in [-0.3, -0.25) is 4.79 Å². The number of hydrogen-bond acceptors (Lipinski definition) is 1. The summed E-state index contributed by atoms with van der Waals surface area (Å²) in [7, 11) is 0. The van der Waals surface area contributed by atoms with Crippen LogP contribution in [-0.2, 0) is 4.79 Å². The van der Waals surface area contributed by atoms with Crippen molar-refractivity contribution in [3.05, 3.63) is 0 Å². The number of hydrogen-bond donors (Lipinski definition) is 0. The summed E-state index contributed by atoms with van der Waals surface area (Å²) in [6.45, 7) is 1.03. The minimum atomic E-state index is 0.397. The van der Waals surface area contributed by atoms with Crippen LogP contribution in [0.15, 0.2) is 0 Å². The maximum absolute atomic E-state index is 11.2. The van der Waals surface area contributed by atoms with E-state index in [-0.39, 0.29) is 0 Å². The molecule has 0 N–H and O–H groups in total. The van der Waals surface area contributed by atoms with Crippen LogP contribution in [0.4, 0.5) is 0 Å². The second kappa shape index (κ2) is 2.26. The van der Waals surface area contributed by atoms with Crippen LogP contribution in [0.25, 0.3) is 0 Å². The number of fused-ring (bicyclic) bond motifs is 1. The summed E-state index contributed by atoms with van der Waals surface area (Å²) >= 11 is 0. The monoisotopic (exact) mass is 139 g/mol. The first-order valence-electron chi connectivity index (χ1n) is 4.17. The summed E-state index contributed by atoms with van der Waals surface area (Å²) in [5.41, 5.74) is 0. The maximum Gasteiger partial charge on any atom is 0.222 e. The van der Waals surface area contributed by atoms with Gasteiger partial charge in [0.2, 0.25) is 5.91 Å². The molecule has 0 aromatic carbocycles. The zero-order valence-corrected chi connectivity index (χ0v) is 6.18. The highest BCUT2D eigenvalue weighted by Crippen LogP contribution is 2.26. The molecule has 1 amide bonds. The van der Waals surface area contributed by atoms with Crippen molar-refractivity contribution in [3.8, 4) is 0 Å². The van der Waals surface area contributed by atoms with E-state index in [0.29, 0.717) is 11.9 Å². The van der Waals surface area contributed by atoms with E-state index in [9.17, 15) is 4.79 Å². The summed E-state index contributed by atoms with van der Waals surface area (Å²) in [6.07, 6.45) is 5.67. The van der Waals surface area contributed by atoms with Crippen LogP contribution in [-0.4, -0.2) is 23.4 Å². The summed E-state index contributed by atoms with van der Waals surface area (Å²) in [4.78, 5) is 13.3. The van der Waals surface area contributed by atoms with E-state index in [1.165, 1.54) is 19.3 Å². The van der Waals surface area contributed by atoms with Crippen molar-refractivity contribution in [2.24, 2.45) is 0 Å². The van der Waals surface area contributed by atoms with E-state index in [0.717, 1.165) is 19.4 Å². The van der Waals surface area contributed by atoms with E-state index in [4.69, 9.17) is 0 Å². The SMILES string of the molecule is O=C1CCC[C@H]2CCCN12. The molecule has 2 saturated heterocycles. The van der Waals surface area contributed by atoms with Gasteiger partial charge < -0.3 is 4.90 Å². The molecule has 0 aromatic rings. The molecule has 0 aliphatic carbocycles. The highest BCUT2D eigenvalue weighted by molar-refractivity contribution is 5.77. The summed E-state index contributed by atoms with van der Waals surface area (Å²) in [5, 5.41) is 0. The van der Waals surface area contributed by atoms with Crippen LogP contribution in [0.1, 0.15) is 32.1 Å². The lowest BCUT2D eigenvalue weighted by Gasteiger charge is -2.29. The van der Waals surface area contributed by atoms with Crippen LogP contribution >= 0.6 is 0 Å². The van der Waals surface area contributed by atoms with E-state index in [2.05, 4.69) is 4.90 Å². The highest BCUT2D eigenvalue weighted by Gasteiger charge is 2.31. The predicted molar refractivity (Wildman–Crippen MR) is 38.6 cm³/mol. The van der Waals surface area contributed by atoms with Crippen molar-refractivity contribution in [1.29, 1.82) is 0 Å². The van der Waals surface area contributed by atoms with E-state index < -0.39 is 0 Å². The van der Waals surface area contributed by atoms with E-state index in [1.807, 2.05) is 0 Å². The lowest BCUT2D eigenvalue weighted by molar-refractivity contribution is -0.134. The Morgan fingerprint density at radius 1 is 1.30 bits per heavy atom. The van der Waals surface area contributed by atoms with Gasteiger partial charge in [0.05, 0.1) is 0 Å². The normalized spacial score (nSPS) is 32.6. The number of carbonyl (C=O) groups excluding carboxylic acids is 1. The first-order valence-corrected chi connectivity index (χ1v) is 4.17. The number of nitrogens with zero attached hydrogens (tertiary/aromatic N) is 1. The van der Waals surface area contributed by atoms with Gasteiger partial charge in [-0.1, -0.05) is 0 Å². The smallest absolute Gasteiger partial charge is 0.222 e. The first kappa shape index (κ1) is 6.20. The Bertz CT molecular complexity index is 155. The van der Waals surface area contributed by atoms with Gasteiger partial charge in [-0.15, -0.1) is 0 Å². The Morgan fingerprint density at radius 3 is 2.90 bits per heavy atom. The van der Waals surface area contributed by atoms with Gasteiger partial charge in [0.15, 0.2) is 0 Å². The van der Waals surface area contributed by atoms with Crippen LogP contribution in [0.2, 0.25) is 0 Å². The number of carbonyl (C=O) groups is 1. The van der Waals surface area contributed by atoms with Gasteiger partial charge in [0, 0.05) is 19.0 Å². The van der Waals surface area contributed by atoms with Gasteiger partial charge >= 0.3 is 0 Å².